The van der Waals surface area contributed by atoms with Gasteiger partial charge in [-0.1, -0.05) is 30.3 Å². The Balaban J connectivity index is 2.22. The Bertz CT molecular complexity index is 787. The van der Waals surface area contributed by atoms with Gasteiger partial charge in [0.1, 0.15) is 11.9 Å². The van der Waals surface area contributed by atoms with Crippen molar-refractivity contribution < 1.29 is 24.5 Å². The highest BCUT2D eigenvalue weighted by Gasteiger charge is 2.38. The fourth-order valence-corrected chi connectivity index (χ4v) is 3.06. The molecule has 0 saturated carbocycles. The fourth-order valence-electron chi connectivity index (χ4n) is 3.06. The molecule has 124 valence electrons. The van der Waals surface area contributed by atoms with Gasteiger partial charge in [0.2, 0.25) is 0 Å². The van der Waals surface area contributed by atoms with Crippen LogP contribution in [-0.2, 0) is 0 Å². The van der Waals surface area contributed by atoms with Gasteiger partial charge in [0.25, 0.3) is 5.91 Å². The summed E-state index contributed by atoms with van der Waals surface area (Å²) in [7, 11) is 1.47. The standard InChI is InChI=1S/C18H17NO5/c1-19-17(21)13-8-11(18(22)23)7-12-15(10-5-3-2-4-6-10)14(9-20)24-16(12)13/h2-8,14-15,20H,9H2,1H3,(H,19,21)(H,22,23). The van der Waals surface area contributed by atoms with Crippen LogP contribution in [-0.4, -0.2) is 41.8 Å². The molecule has 1 aliphatic heterocycles. The second kappa shape index (κ2) is 6.33. The lowest BCUT2D eigenvalue weighted by molar-refractivity contribution is 0.0696. The van der Waals surface area contributed by atoms with Crippen molar-refractivity contribution in [1.29, 1.82) is 0 Å². The Morgan fingerprint density at radius 2 is 1.92 bits per heavy atom. The lowest BCUT2D eigenvalue weighted by Crippen LogP contribution is -2.24. The van der Waals surface area contributed by atoms with E-state index in [1.165, 1.54) is 19.2 Å². The molecule has 3 N–H and O–H groups in total. The van der Waals surface area contributed by atoms with Crippen molar-refractivity contribution in [3.8, 4) is 5.75 Å². The third-order valence-electron chi connectivity index (χ3n) is 4.15. The Morgan fingerprint density at radius 1 is 1.21 bits per heavy atom. The minimum absolute atomic E-state index is 0.00970. The zero-order valence-corrected chi connectivity index (χ0v) is 13.0. The Labute approximate surface area is 138 Å². The number of carbonyl (C=O) groups is 2. The van der Waals surface area contributed by atoms with Crippen molar-refractivity contribution in [2.24, 2.45) is 0 Å². The summed E-state index contributed by atoms with van der Waals surface area (Å²) in [5, 5.41) is 21.5. The van der Waals surface area contributed by atoms with Crippen LogP contribution in [0.1, 0.15) is 37.8 Å². The second-order valence-electron chi connectivity index (χ2n) is 5.55. The molecule has 0 aromatic heterocycles. The van der Waals surface area contributed by atoms with Crippen LogP contribution < -0.4 is 10.1 Å². The quantitative estimate of drug-likeness (QED) is 0.793. The van der Waals surface area contributed by atoms with Crippen LogP contribution in [0.4, 0.5) is 0 Å². The van der Waals surface area contributed by atoms with Gasteiger partial charge in [0.05, 0.1) is 23.7 Å². The van der Waals surface area contributed by atoms with Crippen molar-refractivity contribution in [3.05, 3.63) is 64.7 Å². The number of carbonyl (C=O) groups excluding carboxylic acids is 1. The maximum Gasteiger partial charge on any atom is 0.335 e. The fraction of sp³-hybridized carbons (Fsp3) is 0.222. The molecular weight excluding hydrogens is 310 g/mol. The molecule has 2 aromatic rings. The molecule has 0 aliphatic carbocycles. The van der Waals surface area contributed by atoms with E-state index in [0.717, 1.165) is 5.56 Å². The predicted molar refractivity (Wildman–Crippen MR) is 86.6 cm³/mol. The van der Waals surface area contributed by atoms with Crippen LogP contribution >= 0.6 is 0 Å². The van der Waals surface area contributed by atoms with Gasteiger partial charge in [-0.25, -0.2) is 4.79 Å². The SMILES string of the molecule is CNC(=O)c1cc(C(=O)O)cc2c1OC(CO)C2c1ccccc1. The molecule has 1 amide bonds. The first-order valence-corrected chi connectivity index (χ1v) is 7.52. The van der Waals surface area contributed by atoms with Crippen LogP contribution in [0, 0.1) is 0 Å². The van der Waals surface area contributed by atoms with Crippen LogP contribution in [0.2, 0.25) is 0 Å². The number of aromatic carboxylic acids is 1. The third-order valence-corrected chi connectivity index (χ3v) is 4.15. The maximum atomic E-state index is 12.1. The zero-order chi connectivity index (χ0) is 17.3. The summed E-state index contributed by atoms with van der Waals surface area (Å²) in [5.74, 6) is -1.57. The summed E-state index contributed by atoms with van der Waals surface area (Å²) in [6.07, 6.45) is -0.574. The van der Waals surface area contributed by atoms with Gasteiger partial charge in [-0.05, 0) is 17.7 Å². The largest absolute Gasteiger partial charge is 0.486 e. The van der Waals surface area contributed by atoms with Crippen molar-refractivity contribution >= 4 is 11.9 Å². The average molecular weight is 327 g/mol. The van der Waals surface area contributed by atoms with E-state index in [-0.39, 0.29) is 23.7 Å². The molecule has 2 atom stereocenters. The number of carboxylic acids is 1. The van der Waals surface area contributed by atoms with E-state index in [1.54, 1.807) is 0 Å². The lowest BCUT2D eigenvalue weighted by Gasteiger charge is -2.17. The van der Waals surface area contributed by atoms with Gasteiger partial charge < -0.3 is 20.3 Å². The molecule has 0 saturated heterocycles. The van der Waals surface area contributed by atoms with Gasteiger partial charge in [0.15, 0.2) is 0 Å². The number of carboxylic acid groups (broad SMARTS) is 1. The molecule has 0 spiro atoms. The summed E-state index contributed by atoms with van der Waals surface area (Å²) in [6, 6.07) is 12.2. The van der Waals surface area contributed by atoms with E-state index in [9.17, 15) is 19.8 Å². The zero-order valence-electron chi connectivity index (χ0n) is 13.0. The molecule has 2 aromatic carbocycles. The van der Waals surface area contributed by atoms with E-state index >= 15 is 0 Å². The van der Waals surface area contributed by atoms with Crippen molar-refractivity contribution in [1.82, 2.24) is 5.32 Å². The first-order valence-electron chi connectivity index (χ1n) is 7.52. The highest BCUT2D eigenvalue weighted by molar-refractivity contribution is 6.00. The Morgan fingerprint density at radius 3 is 2.50 bits per heavy atom. The first-order chi connectivity index (χ1) is 11.6. The number of ether oxygens (including phenoxy) is 1. The number of hydrogen-bond donors (Lipinski definition) is 3. The number of benzene rings is 2. The lowest BCUT2D eigenvalue weighted by atomic mass is 9.86. The minimum Gasteiger partial charge on any atom is -0.486 e. The van der Waals surface area contributed by atoms with Crippen LogP contribution in [0.25, 0.3) is 0 Å². The highest BCUT2D eigenvalue weighted by Crippen LogP contribution is 2.44. The molecule has 24 heavy (non-hydrogen) atoms. The summed E-state index contributed by atoms with van der Waals surface area (Å²) in [4.78, 5) is 23.6. The number of aliphatic hydroxyl groups excluding tert-OH is 1. The molecule has 6 heteroatoms. The summed E-state index contributed by atoms with van der Waals surface area (Å²) >= 11 is 0. The molecule has 1 heterocycles. The Hall–Kier alpha value is -2.86. The summed E-state index contributed by atoms with van der Waals surface area (Å²) in [5.41, 5.74) is 1.65. The van der Waals surface area contributed by atoms with Crippen LogP contribution in [0.3, 0.4) is 0 Å². The normalized spacial score (nSPS) is 18.6. The molecule has 0 bridgehead atoms. The molecule has 6 nitrogen and oxygen atoms in total. The van der Waals surface area contributed by atoms with Crippen LogP contribution in [0.5, 0.6) is 5.75 Å². The van der Waals surface area contributed by atoms with E-state index in [2.05, 4.69) is 5.32 Å². The van der Waals surface area contributed by atoms with Crippen molar-refractivity contribution in [2.45, 2.75) is 12.0 Å². The van der Waals surface area contributed by atoms with Crippen LogP contribution in [0.15, 0.2) is 42.5 Å². The Kier molecular flexibility index (Phi) is 4.22. The van der Waals surface area contributed by atoms with E-state index in [4.69, 9.17) is 4.74 Å². The maximum absolute atomic E-state index is 12.1. The van der Waals surface area contributed by atoms with Gasteiger partial charge in [-0.2, -0.15) is 0 Å². The summed E-state index contributed by atoms with van der Waals surface area (Å²) in [6.45, 7) is -0.246. The summed E-state index contributed by atoms with van der Waals surface area (Å²) < 4.78 is 5.81. The monoisotopic (exact) mass is 327 g/mol. The van der Waals surface area contributed by atoms with Crippen molar-refractivity contribution in [2.75, 3.05) is 13.7 Å². The molecule has 2 unspecified atom stereocenters. The number of fused-ring (bicyclic) bond motifs is 1. The highest BCUT2D eigenvalue weighted by atomic mass is 16.5. The average Bonchev–Trinajstić information content (AvgIpc) is 2.99. The van der Waals surface area contributed by atoms with E-state index in [1.807, 2.05) is 30.3 Å². The van der Waals surface area contributed by atoms with E-state index < -0.39 is 18.0 Å². The smallest absolute Gasteiger partial charge is 0.335 e. The molecule has 3 rings (SSSR count). The number of aliphatic hydroxyl groups is 1. The molecular formula is C18H17NO5. The number of amides is 1. The molecule has 1 aliphatic rings. The molecule has 0 fully saturated rings. The topological polar surface area (TPSA) is 95.9 Å². The third kappa shape index (κ3) is 2.61. The predicted octanol–water partition coefficient (Wildman–Crippen LogP) is 1.63. The second-order valence-corrected chi connectivity index (χ2v) is 5.55. The van der Waals surface area contributed by atoms with Gasteiger partial charge in [0, 0.05) is 12.6 Å². The number of rotatable bonds is 4. The number of hydrogen-bond acceptors (Lipinski definition) is 4. The molecule has 0 radical (unpaired) electrons. The minimum atomic E-state index is -1.12. The van der Waals surface area contributed by atoms with Gasteiger partial charge in [-0.15, -0.1) is 0 Å². The van der Waals surface area contributed by atoms with Crippen molar-refractivity contribution in [3.63, 3.8) is 0 Å². The van der Waals surface area contributed by atoms with Gasteiger partial charge >= 0.3 is 5.97 Å². The van der Waals surface area contributed by atoms with E-state index in [0.29, 0.717) is 11.3 Å². The first kappa shape index (κ1) is 16.0. The van der Waals surface area contributed by atoms with Gasteiger partial charge in [-0.3, -0.25) is 4.79 Å². The number of nitrogens with one attached hydrogen (secondary N) is 1.